The van der Waals surface area contributed by atoms with E-state index in [0.717, 1.165) is 24.0 Å². The van der Waals surface area contributed by atoms with E-state index in [1.165, 1.54) is 12.3 Å². The molecule has 0 fully saturated rings. The second kappa shape index (κ2) is 6.88. The number of aldehydes is 1. The summed E-state index contributed by atoms with van der Waals surface area (Å²) in [5, 5.41) is 10.7. The summed E-state index contributed by atoms with van der Waals surface area (Å²) in [5.74, 6) is -0.641. The van der Waals surface area contributed by atoms with E-state index in [1.807, 2.05) is 0 Å². The number of nitro benzene ring substituents is 1. The van der Waals surface area contributed by atoms with Gasteiger partial charge >= 0.3 is 0 Å². The Bertz CT molecular complexity index is 942. The van der Waals surface area contributed by atoms with Crippen LogP contribution < -0.4 is 4.74 Å². The van der Waals surface area contributed by atoms with E-state index in [1.54, 1.807) is 36.5 Å². The van der Waals surface area contributed by atoms with Crippen molar-refractivity contribution in [1.82, 2.24) is 4.98 Å². The van der Waals surface area contributed by atoms with Crippen molar-refractivity contribution in [3.63, 3.8) is 0 Å². The number of hydrogen-bond acceptors (Lipinski definition) is 5. The lowest BCUT2D eigenvalue weighted by Crippen LogP contribution is -1.94. The highest BCUT2D eigenvalue weighted by molar-refractivity contribution is 5.78. The zero-order chi connectivity index (χ0) is 17.8. The smallest absolute Gasteiger partial charge is 0.272 e. The van der Waals surface area contributed by atoms with Crippen LogP contribution in [-0.2, 0) is 0 Å². The first kappa shape index (κ1) is 16.3. The number of benzene rings is 2. The molecule has 0 unspecified atom stereocenters. The monoisotopic (exact) mass is 338 g/mol. The van der Waals surface area contributed by atoms with Crippen LogP contribution in [0, 0.1) is 15.9 Å². The highest BCUT2D eigenvalue weighted by Crippen LogP contribution is 2.34. The predicted molar refractivity (Wildman–Crippen MR) is 88.2 cm³/mol. The van der Waals surface area contributed by atoms with Crippen LogP contribution in [0.15, 0.2) is 60.9 Å². The van der Waals surface area contributed by atoms with Gasteiger partial charge in [-0.15, -0.1) is 0 Å². The Hall–Kier alpha value is -3.61. The van der Waals surface area contributed by atoms with E-state index in [0.29, 0.717) is 16.9 Å². The fourth-order valence-corrected chi connectivity index (χ4v) is 2.23. The molecule has 124 valence electrons. The summed E-state index contributed by atoms with van der Waals surface area (Å²) >= 11 is 0. The lowest BCUT2D eigenvalue weighted by Gasteiger charge is -2.11. The summed E-state index contributed by atoms with van der Waals surface area (Å²) in [6, 6.07) is 11.5. The van der Waals surface area contributed by atoms with Gasteiger partial charge in [0.05, 0.1) is 11.0 Å². The molecule has 1 aromatic heterocycles. The third-order valence-corrected chi connectivity index (χ3v) is 3.49. The fraction of sp³-hybridized carbons (Fsp3) is 0. The van der Waals surface area contributed by atoms with Gasteiger partial charge in [0.2, 0.25) is 0 Å². The van der Waals surface area contributed by atoms with Crippen molar-refractivity contribution >= 4 is 12.0 Å². The number of carbonyl (C=O) groups excluding carboxylic acids is 1. The maximum Gasteiger partial charge on any atom is 0.272 e. The van der Waals surface area contributed by atoms with Gasteiger partial charge in [-0.2, -0.15) is 0 Å². The highest BCUT2D eigenvalue weighted by atomic mass is 19.1. The molecule has 0 aliphatic heterocycles. The molecule has 0 aliphatic rings. The van der Waals surface area contributed by atoms with E-state index < -0.39 is 10.7 Å². The summed E-state index contributed by atoms with van der Waals surface area (Å²) in [6.07, 6.45) is 3.77. The zero-order valence-electron chi connectivity index (χ0n) is 12.8. The van der Waals surface area contributed by atoms with Gasteiger partial charge in [-0.1, -0.05) is 24.3 Å². The molecule has 0 radical (unpaired) electrons. The van der Waals surface area contributed by atoms with Crippen LogP contribution in [0.5, 0.6) is 11.5 Å². The molecule has 0 atom stereocenters. The Morgan fingerprint density at radius 1 is 1.08 bits per heavy atom. The quantitative estimate of drug-likeness (QED) is 0.391. The largest absolute Gasteiger partial charge is 0.454 e. The van der Waals surface area contributed by atoms with Gasteiger partial charge in [-0.3, -0.25) is 19.9 Å². The van der Waals surface area contributed by atoms with Gasteiger partial charge in [-0.25, -0.2) is 4.39 Å². The van der Waals surface area contributed by atoms with Gasteiger partial charge in [0.25, 0.3) is 5.69 Å². The standard InChI is InChI=1S/C18H11FN2O4/c19-16-9-14(21(23)24)5-6-18(16)25-17-7-8-20-10-15(17)13-3-1-12(11-22)2-4-13/h1-11H. The van der Waals surface area contributed by atoms with Crippen LogP contribution >= 0.6 is 0 Å². The molecule has 0 amide bonds. The molecule has 0 aliphatic carbocycles. The minimum Gasteiger partial charge on any atom is -0.454 e. The van der Waals surface area contributed by atoms with Crippen molar-refractivity contribution in [2.24, 2.45) is 0 Å². The molecule has 25 heavy (non-hydrogen) atoms. The molecule has 0 spiro atoms. The topological polar surface area (TPSA) is 82.3 Å². The first-order chi connectivity index (χ1) is 12.1. The minimum absolute atomic E-state index is 0.137. The van der Waals surface area contributed by atoms with Gasteiger partial charge in [0.15, 0.2) is 11.6 Å². The first-order valence-corrected chi connectivity index (χ1v) is 7.20. The van der Waals surface area contributed by atoms with Crippen LogP contribution in [0.2, 0.25) is 0 Å². The van der Waals surface area contributed by atoms with Crippen molar-refractivity contribution in [2.45, 2.75) is 0 Å². The van der Waals surface area contributed by atoms with Crippen LogP contribution in [0.3, 0.4) is 0 Å². The van der Waals surface area contributed by atoms with Gasteiger partial charge in [0, 0.05) is 29.6 Å². The number of halogens is 1. The van der Waals surface area contributed by atoms with Crippen LogP contribution in [0.4, 0.5) is 10.1 Å². The van der Waals surface area contributed by atoms with Crippen molar-refractivity contribution in [3.8, 4) is 22.6 Å². The first-order valence-electron chi connectivity index (χ1n) is 7.20. The van der Waals surface area contributed by atoms with Gasteiger partial charge in [-0.05, 0) is 17.7 Å². The number of nitro groups is 1. The van der Waals surface area contributed by atoms with Gasteiger partial charge in [0.1, 0.15) is 12.0 Å². The number of aromatic nitrogens is 1. The number of hydrogen-bond donors (Lipinski definition) is 0. The average molecular weight is 338 g/mol. The van der Waals surface area contributed by atoms with E-state index in [-0.39, 0.29) is 11.4 Å². The van der Waals surface area contributed by atoms with Crippen LogP contribution in [0.1, 0.15) is 10.4 Å². The number of nitrogens with zero attached hydrogens (tertiary/aromatic N) is 2. The molecule has 0 saturated heterocycles. The number of non-ortho nitro benzene ring substituents is 1. The highest BCUT2D eigenvalue weighted by Gasteiger charge is 2.14. The molecular weight excluding hydrogens is 327 g/mol. The number of carbonyl (C=O) groups is 1. The Balaban J connectivity index is 1.96. The molecule has 7 heteroatoms. The molecule has 2 aromatic carbocycles. The Morgan fingerprint density at radius 2 is 1.84 bits per heavy atom. The Morgan fingerprint density at radius 3 is 2.48 bits per heavy atom. The lowest BCUT2D eigenvalue weighted by molar-refractivity contribution is -0.385. The summed E-state index contributed by atoms with van der Waals surface area (Å²) in [6.45, 7) is 0. The Kier molecular flexibility index (Phi) is 4.47. The van der Waals surface area contributed by atoms with Crippen LogP contribution in [0.25, 0.3) is 11.1 Å². The van der Waals surface area contributed by atoms with Crippen LogP contribution in [-0.4, -0.2) is 16.2 Å². The van der Waals surface area contributed by atoms with E-state index in [2.05, 4.69) is 4.98 Å². The van der Waals surface area contributed by atoms with Crippen molar-refractivity contribution in [3.05, 3.63) is 82.4 Å². The van der Waals surface area contributed by atoms with E-state index in [9.17, 15) is 19.3 Å². The second-order valence-corrected chi connectivity index (χ2v) is 5.09. The average Bonchev–Trinajstić information content (AvgIpc) is 2.64. The fourth-order valence-electron chi connectivity index (χ4n) is 2.23. The summed E-state index contributed by atoms with van der Waals surface area (Å²) in [7, 11) is 0. The van der Waals surface area contributed by atoms with E-state index in [4.69, 9.17) is 4.74 Å². The summed E-state index contributed by atoms with van der Waals surface area (Å²) in [5.41, 5.74) is 1.49. The Labute approximate surface area is 141 Å². The third kappa shape index (κ3) is 3.50. The molecule has 3 aromatic rings. The number of pyridine rings is 1. The molecule has 6 nitrogen and oxygen atoms in total. The summed E-state index contributed by atoms with van der Waals surface area (Å²) < 4.78 is 19.6. The molecule has 0 N–H and O–H groups in total. The maximum atomic E-state index is 14.0. The zero-order valence-corrected chi connectivity index (χ0v) is 12.8. The maximum absolute atomic E-state index is 14.0. The van der Waals surface area contributed by atoms with Crippen molar-refractivity contribution < 1.29 is 18.8 Å². The number of ether oxygens (including phenoxy) is 1. The van der Waals surface area contributed by atoms with Gasteiger partial charge < -0.3 is 4.74 Å². The van der Waals surface area contributed by atoms with E-state index >= 15 is 0 Å². The molecular formula is C18H11FN2O4. The number of rotatable bonds is 5. The normalized spacial score (nSPS) is 10.3. The molecule has 0 bridgehead atoms. The predicted octanol–water partition coefficient (Wildman–Crippen LogP) is 4.40. The second-order valence-electron chi connectivity index (χ2n) is 5.09. The SMILES string of the molecule is O=Cc1ccc(-c2cnccc2Oc2ccc([N+](=O)[O-])cc2F)cc1. The molecule has 3 rings (SSSR count). The van der Waals surface area contributed by atoms with Crippen molar-refractivity contribution in [1.29, 1.82) is 0 Å². The molecule has 0 saturated carbocycles. The minimum atomic E-state index is -0.840. The van der Waals surface area contributed by atoms with Crippen molar-refractivity contribution in [2.75, 3.05) is 0 Å². The molecule has 1 heterocycles. The third-order valence-electron chi connectivity index (χ3n) is 3.49. The summed E-state index contributed by atoms with van der Waals surface area (Å²) in [4.78, 5) is 24.8. The lowest BCUT2D eigenvalue weighted by atomic mass is 10.1.